The molecule has 0 spiro atoms. The summed E-state index contributed by atoms with van der Waals surface area (Å²) in [6, 6.07) is 0. The Morgan fingerprint density at radius 1 is 0.806 bits per heavy atom. The molecule has 3 heteroatoms. The molecule has 0 saturated carbocycles. The zero-order valence-electron chi connectivity index (χ0n) is 20.5. The quantitative estimate of drug-likeness (QED) is 0.113. The first-order chi connectivity index (χ1) is 15.2. The van der Waals surface area contributed by atoms with Gasteiger partial charge in [-0.2, -0.15) is 0 Å². The van der Waals surface area contributed by atoms with Gasteiger partial charge >= 0.3 is 5.97 Å². The van der Waals surface area contributed by atoms with Crippen LogP contribution in [0.1, 0.15) is 129 Å². The number of aliphatic hydroxyl groups excluding tert-OH is 1. The first kappa shape index (κ1) is 27.9. The van der Waals surface area contributed by atoms with Crippen molar-refractivity contribution in [1.82, 2.24) is 0 Å². The molecule has 1 heterocycles. The Hall–Kier alpha value is -1.09. The van der Waals surface area contributed by atoms with Gasteiger partial charge in [0.1, 0.15) is 6.10 Å². The fraction of sp³-hybridized carbons (Fsp3) is 0.821. The van der Waals surface area contributed by atoms with Crippen LogP contribution in [0, 0.1) is 5.92 Å². The monoisotopic (exact) mass is 434 g/mol. The molecule has 180 valence electrons. The van der Waals surface area contributed by atoms with Gasteiger partial charge in [-0.15, -0.1) is 0 Å². The fourth-order valence-corrected chi connectivity index (χ4v) is 4.28. The summed E-state index contributed by atoms with van der Waals surface area (Å²) in [6.07, 6.45) is 29.5. The zero-order valence-corrected chi connectivity index (χ0v) is 20.5. The Bertz CT molecular complexity index is 483. The molecular formula is C28H50O3. The summed E-state index contributed by atoms with van der Waals surface area (Å²) in [5.41, 5.74) is 0. The molecule has 1 fully saturated rings. The predicted octanol–water partition coefficient (Wildman–Crippen LogP) is 8.06. The Kier molecular flexibility index (Phi) is 17.7. The molecule has 0 aromatic carbocycles. The second kappa shape index (κ2) is 19.6. The lowest BCUT2D eigenvalue weighted by molar-refractivity contribution is -0.188. The highest BCUT2D eigenvalue weighted by molar-refractivity contribution is 5.78. The van der Waals surface area contributed by atoms with Crippen LogP contribution < -0.4 is 0 Å². The molecule has 1 aliphatic heterocycles. The Labute approximate surface area is 192 Å². The molecule has 0 aromatic rings. The van der Waals surface area contributed by atoms with Crippen LogP contribution in [0.15, 0.2) is 24.3 Å². The normalized spacial score (nSPS) is 19.8. The number of unbranched alkanes of at least 4 members (excludes halogenated alkanes) is 11. The molecule has 0 amide bonds. The summed E-state index contributed by atoms with van der Waals surface area (Å²) in [5.74, 6) is -0.0122. The highest BCUT2D eigenvalue weighted by Crippen LogP contribution is 2.31. The van der Waals surface area contributed by atoms with Crippen LogP contribution in [0.25, 0.3) is 0 Å². The Morgan fingerprint density at radius 2 is 1.39 bits per heavy atom. The highest BCUT2D eigenvalue weighted by atomic mass is 16.6. The van der Waals surface area contributed by atoms with E-state index < -0.39 is 0 Å². The average Bonchev–Trinajstić information content (AvgIpc) is 2.76. The van der Waals surface area contributed by atoms with Gasteiger partial charge in [0.25, 0.3) is 0 Å². The number of rotatable bonds is 21. The molecule has 3 nitrogen and oxygen atoms in total. The largest absolute Gasteiger partial charge is 0.461 e. The molecule has 1 N–H and O–H groups in total. The number of cyclic esters (lactones) is 1. The van der Waals surface area contributed by atoms with Crippen molar-refractivity contribution in [3.05, 3.63) is 24.3 Å². The molecule has 0 aliphatic carbocycles. The molecule has 0 unspecified atom stereocenters. The highest BCUT2D eigenvalue weighted by Gasteiger charge is 2.42. The molecule has 0 aromatic heterocycles. The second-order valence-electron chi connectivity index (χ2n) is 9.34. The maximum atomic E-state index is 11.7. The summed E-state index contributed by atoms with van der Waals surface area (Å²) >= 11 is 0. The molecule has 0 bridgehead atoms. The van der Waals surface area contributed by atoms with E-state index in [1.54, 1.807) is 0 Å². The Balaban J connectivity index is 1.92. The molecular weight excluding hydrogens is 384 g/mol. The van der Waals surface area contributed by atoms with Gasteiger partial charge in [-0.25, -0.2) is 0 Å². The van der Waals surface area contributed by atoms with Crippen LogP contribution in [-0.4, -0.2) is 23.3 Å². The van der Waals surface area contributed by atoms with Crippen LogP contribution in [0.3, 0.4) is 0 Å². The Morgan fingerprint density at radius 3 is 2.06 bits per heavy atom. The third kappa shape index (κ3) is 14.6. The van der Waals surface area contributed by atoms with E-state index in [2.05, 4.69) is 38.2 Å². The van der Waals surface area contributed by atoms with Crippen LogP contribution >= 0.6 is 0 Å². The maximum Gasteiger partial charge on any atom is 0.313 e. The van der Waals surface area contributed by atoms with Crippen LogP contribution in [0.4, 0.5) is 0 Å². The lowest BCUT2D eigenvalue weighted by Gasteiger charge is -2.36. The standard InChI is InChI=1S/C28H50O3/c1-3-5-7-9-10-11-12-13-14-15-16-17-18-19-20-22-25(29)24-27-26(28(30)31-27)23-21-8-6-4-2/h10-11,13-14,25-27,29H,3-9,12,15-24H2,1-2H3/t25-,26+,27+/m1/s1. The number of allylic oxidation sites excluding steroid dienone is 4. The third-order valence-electron chi connectivity index (χ3n) is 6.38. The number of esters is 1. The van der Waals surface area contributed by atoms with Crippen molar-refractivity contribution < 1.29 is 14.6 Å². The summed E-state index contributed by atoms with van der Waals surface area (Å²) < 4.78 is 5.30. The van der Waals surface area contributed by atoms with Crippen LogP contribution in [0.5, 0.6) is 0 Å². The number of carbonyl (C=O) groups is 1. The van der Waals surface area contributed by atoms with Gasteiger partial charge in [-0.3, -0.25) is 4.79 Å². The van der Waals surface area contributed by atoms with Crippen molar-refractivity contribution in [1.29, 1.82) is 0 Å². The minimum atomic E-state index is -0.325. The number of hydrogen-bond acceptors (Lipinski definition) is 3. The first-order valence-electron chi connectivity index (χ1n) is 13.4. The topological polar surface area (TPSA) is 46.5 Å². The molecule has 0 radical (unpaired) electrons. The van der Waals surface area contributed by atoms with Crippen molar-refractivity contribution in [2.45, 2.75) is 142 Å². The first-order valence-corrected chi connectivity index (χ1v) is 13.4. The van der Waals surface area contributed by atoms with E-state index in [-0.39, 0.29) is 24.1 Å². The van der Waals surface area contributed by atoms with Gasteiger partial charge in [-0.1, -0.05) is 102 Å². The van der Waals surface area contributed by atoms with Gasteiger partial charge in [0.15, 0.2) is 0 Å². The van der Waals surface area contributed by atoms with Crippen molar-refractivity contribution >= 4 is 5.97 Å². The lowest BCUT2D eigenvalue weighted by Crippen LogP contribution is -2.46. The van der Waals surface area contributed by atoms with E-state index >= 15 is 0 Å². The van der Waals surface area contributed by atoms with Gasteiger partial charge in [0, 0.05) is 6.42 Å². The summed E-state index contributed by atoms with van der Waals surface area (Å²) in [6.45, 7) is 4.44. The van der Waals surface area contributed by atoms with Crippen molar-refractivity contribution in [3.63, 3.8) is 0 Å². The second-order valence-corrected chi connectivity index (χ2v) is 9.34. The van der Waals surface area contributed by atoms with E-state index in [0.29, 0.717) is 6.42 Å². The van der Waals surface area contributed by atoms with Gasteiger partial charge in [0.2, 0.25) is 0 Å². The molecule has 1 aliphatic rings. The van der Waals surface area contributed by atoms with Crippen LogP contribution in [-0.2, 0) is 9.53 Å². The minimum absolute atomic E-state index is 0.0381. The lowest BCUT2D eigenvalue weighted by atomic mass is 9.86. The minimum Gasteiger partial charge on any atom is -0.461 e. The molecule has 31 heavy (non-hydrogen) atoms. The van der Waals surface area contributed by atoms with Gasteiger partial charge in [-0.05, 0) is 44.9 Å². The van der Waals surface area contributed by atoms with Crippen molar-refractivity contribution in [2.24, 2.45) is 5.92 Å². The average molecular weight is 435 g/mol. The number of ether oxygens (including phenoxy) is 1. The zero-order chi connectivity index (χ0) is 22.6. The molecule has 3 atom stereocenters. The van der Waals surface area contributed by atoms with E-state index in [9.17, 15) is 9.90 Å². The van der Waals surface area contributed by atoms with E-state index in [0.717, 1.165) is 32.1 Å². The third-order valence-corrected chi connectivity index (χ3v) is 6.38. The van der Waals surface area contributed by atoms with E-state index in [4.69, 9.17) is 4.74 Å². The number of carbonyl (C=O) groups excluding carboxylic acids is 1. The van der Waals surface area contributed by atoms with Crippen LogP contribution in [0.2, 0.25) is 0 Å². The van der Waals surface area contributed by atoms with Crippen molar-refractivity contribution in [2.75, 3.05) is 0 Å². The van der Waals surface area contributed by atoms with E-state index in [1.807, 2.05) is 0 Å². The fourth-order valence-electron chi connectivity index (χ4n) is 4.28. The summed E-state index contributed by atoms with van der Waals surface area (Å²) in [7, 11) is 0. The molecule has 1 rings (SSSR count). The maximum absolute atomic E-state index is 11.7. The van der Waals surface area contributed by atoms with E-state index in [1.165, 1.54) is 77.0 Å². The number of hydrogen-bond donors (Lipinski definition) is 1. The van der Waals surface area contributed by atoms with Gasteiger partial charge < -0.3 is 9.84 Å². The molecule has 1 saturated heterocycles. The predicted molar refractivity (Wildman–Crippen MR) is 132 cm³/mol. The number of aliphatic hydroxyl groups is 1. The summed E-state index contributed by atoms with van der Waals surface area (Å²) in [4.78, 5) is 11.7. The SMILES string of the molecule is CCCCCC=CCC=CCCCCCCC[C@@H](O)C[C@@H]1OC(=O)[C@H]1CCCCCC. The smallest absolute Gasteiger partial charge is 0.313 e. The van der Waals surface area contributed by atoms with Gasteiger partial charge in [0.05, 0.1) is 12.0 Å². The summed E-state index contributed by atoms with van der Waals surface area (Å²) in [5, 5.41) is 10.3. The van der Waals surface area contributed by atoms with Crippen molar-refractivity contribution in [3.8, 4) is 0 Å².